The first kappa shape index (κ1) is 16.9. The molecule has 1 aliphatic carbocycles. The van der Waals surface area contributed by atoms with E-state index in [1.807, 2.05) is 6.07 Å². The van der Waals surface area contributed by atoms with Crippen molar-refractivity contribution in [3.8, 4) is 6.07 Å². The van der Waals surface area contributed by atoms with E-state index in [1.165, 1.54) is 43.7 Å². The molecule has 0 amide bonds. The quantitative estimate of drug-likeness (QED) is 0.677. The third-order valence-corrected chi connectivity index (χ3v) is 3.27. The van der Waals surface area contributed by atoms with Gasteiger partial charge in [0.15, 0.2) is 0 Å². The Morgan fingerprint density at radius 2 is 1.90 bits per heavy atom. The minimum Gasteiger partial charge on any atom is -0.477 e. The highest BCUT2D eigenvalue weighted by molar-refractivity contribution is 5.90. The lowest BCUT2D eigenvalue weighted by molar-refractivity contribution is -0.132. The maximum Gasteiger partial charge on any atom is 0.345 e. The fraction of sp³-hybridized carbons (Fsp3) is 0.412. The van der Waals surface area contributed by atoms with Crippen LogP contribution in [0.3, 0.4) is 0 Å². The molecule has 0 radical (unpaired) electrons. The zero-order valence-corrected chi connectivity index (χ0v) is 12.1. The standard InChI is InChI=1S/C13H18O.C4H3NO2/c1-3-7-12(8-4-1)11-14-13-9-5-2-6-10-13;1-3(2-5)4(6)7/h1,3-4,7-8,13H,2,5-6,9-11H2;1H2,(H,6,7). The smallest absolute Gasteiger partial charge is 0.345 e. The van der Waals surface area contributed by atoms with Gasteiger partial charge in [0.2, 0.25) is 0 Å². The van der Waals surface area contributed by atoms with Gasteiger partial charge in [-0.15, -0.1) is 0 Å². The molecule has 1 N–H and O–H groups in total. The lowest BCUT2D eigenvalue weighted by Gasteiger charge is -2.21. The molecule has 0 spiro atoms. The Morgan fingerprint density at radius 3 is 2.38 bits per heavy atom. The van der Waals surface area contributed by atoms with Crippen molar-refractivity contribution in [3.05, 3.63) is 48.0 Å². The first-order chi connectivity index (χ1) is 10.1. The highest BCUT2D eigenvalue weighted by Crippen LogP contribution is 2.21. The van der Waals surface area contributed by atoms with Crippen molar-refractivity contribution < 1.29 is 14.6 Å². The van der Waals surface area contributed by atoms with E-state index < -0.39 is 11.5 Å². The lowest BCUT2D eigenvalue weighted by Crippen LogP contribution is -2.16. The molecule has 1 fully saturated rings. The number of carbonyl (C=O) groups is 1. The molecular weight excluding hydrogens is 266 g/mol. The van der Waals surface area contributed by atoms with Crippen LogP contribution in [-0.2, 0) is 16.1 Å². The molecule has 0 atom stereocenters. The summed E-state index contributed by atoms with van der Waals surface area (Å²) >= 11 is 0. The SMILES string of the molecule is C=C(C#N)C(=O)O.c1ccc(COC2CCCCC2)cc1. The Kier molecular flexibility index (Phi) is 7.85. The van der Waals surface area contributed by atoms with E-state index in [0.717, 1.165) is 6.61 Å². The molecule has 0 saturated heterocycles. The summed E-state index contributed by atoms with van der Waals surface area (Å²) in [6.45, 7) is 3.70. The predicted molar refractivity (Wildman–Crippen MR) is 80.5 cm³/mol. The topological polar surface area (TPSA) is 70.3 Å². The van der Waals surface area contributed by atoms with Crippen molar-refractivity contribution in [1.82, 2.24) is 0 Å². The first-order valence-electron chi connectivity index (χ1n) is 7.11. The summed E-state index contributed by atoms with van der Waals surface area (Å²) in [5.41, 5.74) is 0.859. The molecule has 21 heavy (non-hydrogen) atoms. The molecule has 0 heterocycles. The van der Waals surface area contributed by atoms with E-state index in [9.17, 15) is 4.79 Å². The van der Waals surface area contributed by atoms with Gasteiger partial charge < -0.3 is 9.84 Å². The van der Waals surface area contributed by atoms with E-state index in [-0.39, 0.29) is 0 Å². The van der Waals surface area contributed by atoms with Crippen LogP contribution in [0.4, 0.5) is 0 Å². The minimum absolute atomic E-state index is 0.431. The number of benzene rings is 1. The van der Waals surface area contributed by atoms with E-state index in [2.05, 4.69) is 30.8 Å². The summed E-state index contributed by atoms with van der Waals surface area (Å²) in [7, 11) is 0. The second-order valence-electron chi connectivity index (χ2n) is 4.95. The van der Waals surface area contributed by atoms with E-state index >= 15 is 0 Å². The summed E-state index contributed by atoms with van der Waals surface area (Å²) in [6, 6.07) is 11.8. The molecule has 1 aromatic carbocycles. The highest BCUT2D eigenvalue weighted by atomic mass is 16.5. The number of aliphatic carboxylic acids is 1. The van der Waals surface area contributed by atoms with Crippen molar-refractivity contribution >= 4 is 5.97 Å². The normalized spacial score (nSPS) is 14.4. The Morgan fingerprint density at radius 1 is 1.29 bits per heavy atom. The second kappa shape index (κ2) is 9.73. The largest absolute Gasteiger partial charge is 0.477 e. The van der Waals surface area contributed by atoms with Crippen molar-refractivity contribution in [2.24, 2.45) is 0 Å². The first-order valence-corrected chi connectivity index (χ1v) is 7.11. The molecule has 0 bridgehead atoms. The zero-order chi connectivity index (χ0) is 15.5. The number of carboxylic acid groups (broad SMARTS) is 1. The summed E-state index contributed by atoms with van der Waals surface area (Å²) in [5.74, 6) is -1.26. The number of rotatable bonds is 4. The number of nitriles is 1. The Hall–Kier alpha value is -2.12. The predicted octanol–water partition coefficient (Wildman–Crippen LogP) is 3.69. The Bertz CT molecular complexity index is 485. The van der Waals surface area contributed by atoms with Crippen LogP contribution in [0.5, 0.6) is 0 Å². The summed E-state index contributed by atoms with van der Waals surface area (Å²) in [4.78, 5) is 9.61. The van der Waals surface area contributed by atoms with Crippen LogP contribution in [0, 0.1) is 11.3 Å². The summed E-state index contributed by atoms with van der Waals surface area (Å²) < 4.78 is 5.87. The molecule has 112 valence electrons. The highest BCUT2D eigenvalue weighted by Gasteiger charge is 2.13. The van der Waals surface area contributed by atoms with Gasteiger partial charge >= 0.3 is 5.97 Å². The summed E-state index contributed by atoms with van der Waals surface area (Å²) in [5, 5.41) is 15.6. The number of ether oxygens (including phenoxy) is 1. The van der Waals surface area contributed by atoms with Gasteiger partial charge in [0.05, 0.1) is 12.7 Å². The maximum absolute atomic E-state index is 9.61. The van der Waals surface area contributed by atoms with Crippen molar-refractivity contribution in [1.29, 1.82) is 5.26 Å². The van der Waals surface area contributed by atoms with Gasteiger partial charge in [-0.1, -0.05) is 56.2 Å². The van der Waals surface area contributed by atoms with Crippen LogP contribution in [0.1, 0.15) is 37.7 Å². The Balaban J connectivity index is 0.000000270. The van der Waals surface area contributed by atoms with E-state index in [4.69, 9.17) is 15.1 Å². The molecule has 0 unspecified atom stereocenters. The summed E-state index contributed by atoms with van der Waals surface area (Å²) in [6.07, 6.45) is 7.12. The average molecular weight is 287 g/mol. The maximum atomic E-state index is 9.61. The van der Waals surface area contributed by atoms with E-state index in [0.29, 0.717) is 6.10 Å². The third kappa shape index (κ3) is 7.28. The van der Waals surface area contributed by atoms with Crippen LogP contribution >= 0.6 is 0 Å². The van der Waals surface area contributed by atoms with Crippen LogP contribution in [0.25, 0.3) is 0 Å². The molecule has 1 saturated carbocycles. The van der Waals surface area contributed by atoms with Crippen molar-refractivity contribution in [2.75, 3.05) is 0 Å². The third-order valence-electron chi connectivity index (χ3n) is 3.27. The molecule has 1 aliphatic rings. The van der Waals surface area contributed by atoms with Gasteiger partial charge in [0.25, 0.3) is 0 Å². The molecule has 4 heteroatoms. The van der Waals surface area contributed by atoms with Crippen molar-refractivity contribution in [3.63, 3.8) is 0 Å². The molecule has 0 aliphatic heterocycles. The average Bonchev–Trinajstić information content (AvgIpc) is 2.54. The zero-order valence-electron chi connectivity index (χ0n) is 12.1. The molecule has 4 nitrogen and oxygen atoms in total. The van der Waals surface area contributed by atoms with Gasteiger partial charge in [0, 0.05) is 0 Å². The number of hydrogen-bond acceptors (Lipinski definition) is 3. The van der Waals surface area contributed by atoms with Crippen LogP contribution in [-0.4, -0.2) is 17.2 Å². The van der Waals surface area contributed by atoms with Gasteiger partial charge in [0.1, 0.15) is 11.6 Å². The second-order valence-corrected chi connectivity index (χ2v) is 4.95. The van der Waals surface area contributed by atoms with Crippen molar-refractivity contribution in [2.45, 2.75) is 44.8 Å². The fourth-order valence-corrected chi connectivity index (χ4v) is 2.07. The number of nitrogens with zero attached hydrogens (tertiary/aromatic N) is 1. The van der Waals surface area contributed by atoms with Gasteiger partial charge in [-0.05, 0) is 18.4 Å². The number of carboxylic acids is 1. The van der Waals surface area contributed by atoms with E-state index in [1.54, 1.807) is 0 Å². The fourth-order valence-electron chi connectivity index (χ4n) is 2.07. The van der Waals surface area contributed by atoms with Crippen LogP contribution in [0.2, 0.25) is 0 Å². The monoisotopic (exact) mass is 287 g/mol. The van der Waals surface area contributed by atoms with Gasteiger partial charge in [-0.2, -0.15) is 5.26 Å². The lowest BCUT2D eigenvalue weighted by atomic mass is 9.98. The van der Waals surface area contributed by atoms with Crippen LogP contribution in [0.15, 0.2) is 42.5 Å². The van der Waals surface area contributed by atoms with Gasteiger partial charge in [-0.3, -0.25) is 0 Å². The molecular formula is C17H21NO3. The Labute approximate surface area is 125 Å². The molecule has 1 aromatic rings. The molecule has 0 aromatic heterocycles. The van der Waals surface area contributed by atoms with Gasteiger partial charge in [-0.25, -0.2) is 4.79 Å². The molecule has 2 rings (SSSR count). The number of hydrogen-bond donors (Lipinski definition) is 1. The minimum atomic E-state index is -1.26. The van der Waals surface area contributed by atoms with Crippen LogP contribution < -0.4 is 0 Å².